The first-order chi connectivity index (χ1) is 8.90. The molecule has 1 aromatic carbocycles. The quantitative estimate of drug-likeness (QED) is 0.891. The van der Waals surface area contributed by atoms with Crippen molar-refractivity contribution < 1.29 is 19.4 Å². The molecule has 0 fully saturated rings. The maximum Gasteiger partial charge on any atom is 0.339 e. The van der Waals surface area contributed by atoms with Crippen LogP contribution in [0.5, 0.6) is 5.75 Å². The Balaban J connectivity index is 3.10. The zero-order valence-electron chi connectivity index (χ0n) is 10.9. The van der Waals surface area contributed by atoms with Gasteiger partial charge in [0.2, 0.25) is 0 Å². The fourth-order valence-electron chi connectivity index (χ4n) is 1.34. The average Bonchev–Trinajstić information content (AvgIpc) is 2.39. The summed E-state index contributed by atoms with van der Waals surface area (Å²) in [5, 5.41) is 11.7. The number of carboxylic acids is 1. The minimum atomic E-state index is -1.15. The van der Waals surface area contributed by atoms with Gasteiger partial charge in [0.05, 0.1) is 17.8 Å². The Morgan fingerprint density at radius 1 is 1.47 bits per heavy atom. The Hall–Kier alpha value is -1.95. The molecule has 104 valence electrons. The van der Waals surface area contributed by atoms with E-state index >= 15 is 0 Å². The number of carboxylic acid groups (broad SMARTS) is 1. The molecule has 7 heteroatoms. The summed E-state index contributed by atoms with van der Waals surface area (Å²) in [6.07, 6.45) is 0. The first-order valence-corrected chi connectivity index (χ1v) is 5.91. The third-order valence-electron chi connectivity index (χ3n) is 2.58. The number of hydrogen-bond donors (Lipinski definition) is 2. The predicted octanol–water partition coefficient (Wildman–Crippen LogP) is 2.53. The molecule has 0 atom stereocenters. The van der Waals surface area contributed by atoms with Crippen LogP contribution in [0.3, 0.4) is 0 Å². The molecular formula is C12H15ClN2O4. The van der Waals surface area contributed by atoms with Gasteiger partial charge in [-0.05, 0) is 13.0 Å². The molecule has 0 aromatic heterocycles. The number of methoxy groups -OCH3 is 1. The highest BCUT2D eigenvalue weighted by atomic mass is 35.5. The van der Waals surface area contributed by atoms with Crippen molar-refractivity contribution in [2.24, 2.45) is 0 Å². The van der Waals surface area contributed by atoms with Crippen molar-refractivity contribution in [1.29, 1.82) is 0 Å². The molecule has 0 aliphatic heterocycles. The van der Waals surface area contributed by atoms with Crippen molar-refractivity contribution in [1.82, 2.24) is 4.90 Å². The molecule has 0 spiro atoms. The summed E-state index contributed by atoms with van der Waals surface area (Å²) >= 11 is 5.94. The number of carbonyl (C=O) groups excluding carboxylic acids is 1. The molecule has 19 heavy (non-hydrogen) atoms. The number of urea groups is 1. The van der Waals surface area contributed by atoms with Gasteiger partial charge in [-0.15, -0.1) is 0 Å². The standard InChI is InChI=1S/C12H15ClN2O4/c1-4-15(2)12(18)14-9-6-10(19-3)7(11(16)17)5-8(9)13/h5-6H,4H2,1-3H3,(H,14,18)(H,16,17). The second kappa shape index (κ2) is 6.29. The zero-order valence-corrected chi connectivity index (χ0v) is 11.6. The fraction of sp³-hybridized carbons (Fsp3) is 0.333. The van der Waals surface area contributed by atoms with Crippen LogP contribution in [0, 0.1) is 0 Å². The number of halogens is 1. The van der Waals surface area contributed by atoms with Gasteiger partial charge >= 0.3 is 12.0 Å². The maximum absolute atomic E-state index is 11.7. The van der Waals surface area contributed by atoms with E-state index in [1.165, 1.54) is 24.1 Å². The highest BCUT2D eigenvalue weighted by molar-refractivity contribution is 6.34. The van der Waals surface area contributed by atoms with E-state index < -0.39 is 5.97 Å². The smallest absolute Gasteiger partial charge is 0.339 e. The van der Waals surface area contributed by atoms with Gasteiger partial charge in [0.1, 0.15) is 11.3 Å². The maximum atomic E-state index is 11.7. The summed E-state index contributed by atoms with van der Waals surface area (Å²) in [6.45, 7) is 2.36. The third-order valence-corrected chi connectivity index (χ3v) is 2.89. The van der Waals surface area contributed by atoms with Crippen LogP contribution in [0.25, 0.3) is 0 Å². The van der Waals surface area contributed by atoms with Crippen LogP contribution in [0.4, 0.5) is 10.5 Å². The van der Waals surface area contributed by atoms with E-state index in [0.717, 1.165) is 0 Å². The number of carbonyl (C=O) groups is 2. The lowest BCUT2D eigenvalue weighted by atomic mass is 10.2. The number of hydrogen-bond acceptors (Lipinski definition) is 3. The molecule has 0 aliphatic carbocycles. The van der Waals surface area contributed by atoms with E-state index in [2.05, 4.69) is 5.32 Å². The predicted molar refractivity (Wildman–Crippen MR) is 72.3 cm³/mol. The van der Waals surface area contributed by atoms with Gasteiger partial charge in [-0.25, -0.2) is 9.59 Å². The van der Waals surface area contributed by atoms with Gasteiger partial charge in [0.15, 0.2) is 0 Å². The first-order valence-electron chi connectivity index (χ1n) is 5.53. The molecular weight excluding hydrogens is 272 g/mol. The van der Waals surface area contributed by atoms with Gasteiger partial charge < -0.3 is 20.1 Å². The number of amides is 2. The van der Waals surface area contributed by atoms with Crippen LogP contribution in [-0.2, 0) is 0 Å². The van der Waals surface area contributed by atoms with Crippen LogP contribution >= 0.6 is 11.6 Å². The Bertz CT molecular complexity index is 505. The van der Waals surface area contributed by atoms with Crippen molar-refractivity contribution in [3.63, 3.8) is 0 Å². The van der Waals surface area contributed by atoms with Crippen LogP contribution in [0.1, 0.15) is 17.3 Å². The van der Waals surface area contributed by atoms with Gasteiger partial charge in [0, 0.05) is 19.7 Å². The van der Waals surface area contributed by atoms with Gasteiger partial charge in [-0.2, -0.15) is 0 Å². The van der Waals surface area contributed by atoms with Crippen molar-refractivity contribution in [3.8, 4) is 5.75 Å². The van der Waals surface area contributed by atoms with Gasteiger partial charge in [0.25, 0.3) is 0 Å². The lowest BCUT2D eigenvalue weighted by Gasteiger charge is -2.17. The summed E-state index contributed by atoms with van der Waals surface area (Å²) < 4.78 is 4.97. The summed E-state index contributed by atoms with van der Waals surface area (Å²) in [6, 6.07) is 2.28. The largest absolute Gasteiger partial charge is 0.496 e. The van der Waals surface area contributed by atoms with Crippen molar-refractivity contribution in [2.45, 2.75) is 6.92 Å². The summed E-state index contributed by atoms with van der Waals surface area (Å²) in [4.78, 5) is 24.2. The summed E-state index contributed by atoms with van der Waals surface area (Å²) in [7, 11) is 2.98. The molecule has 0 radical (unpaired) electrons. The Morgan fingerprint density at radius 2 is 2.11 bits per heavy atom. The molecule has 0 saturated carbocycles. The normalized spacial score (nSPS) is 9.89. The highest BCUT2D eigenvalue weighted by Crippen LogP contribution is 2.31. The van der Waals surface area contributed by atoms with E-state index in [1.54, 1.807) is 7.05 Å². The molecule has 2 amide bonds. The molecule has 6 nitrogen and oxygen atoms in total. The number of nitrogens with zero attached hydrogens (tertiary/aromatic N) is 1. The Labute approximate surface area is 115 Å². The highest BCUT2D eigenvalue weighted by Gasteiger charge is 2.17. The van der Waals surface area contributed by atoms with Gasteiger partial charge in [-0.1, -0.05) is 11.6 Å². The van der Waals surface area contributed by atoms with E-state index in [9.17, 15) is 9.59 Å². The van der Waals surface area contributed by atoms with Crippen molar-refractivity contribution in [2.75, 3.05) is 26.0 Å². The molecule has 0 aliphatic rings. The number of aromatic carboxylic acids is 1. The average molecular weight is 287 g/mol. The van der Waals surface area contributed by atoms with Gasteiger partial charge in [-0.3, -0.25) is 0 Å². The number of rotatable bonds is 4. The molecule has 1 aromatic rings. The topological polar surface area (TPSA) is 78.9 Å². The SMILES string of the molecule is CCN(C)C(=O)Nc1cc(OC)c(C(=O)O)cc1Cl. The van der Waals surface area contributed by atoms with Crippen molar-refractivity contribution in [3.05, 3.63) is 22.7 Å². The number of anilines is 1. The second-order valence-corrected chi connectivity index (χ2v) is 4.19. The summed E-state index contributed by atoms with van der Waals surface area (Å²) in [5.41, 5.74) is 0.239. The van der Waals surface area contributed by atoms with E-state index in [4.69, 9.17) is 21.4 Å². The minimum Gasteiger partial charge on any atom is -0.496 e. The molecule has 1 rings (SSSR count). The van der Waals surface area contributed by atoms with Crippen LogP contribution in [-0.4, -0.2) is 42.7 Å². The number of ether oxygens (including phenoxy) is 1. The Morgan fingerprint density at radius 3 is 2.58 bits per heavy atom. The van der Waals surface area contributed by atoms with E-state index in [-0.39, 0.29) is 22.4 Å². The molecule has 0 bridgehead atoms. The van der Waals surface area contributed by atoms with Crippen LogP contribution < -0.4 is 10.1 Å². The van der Waals surface area contributed by atoms with E-state index in [0.29, 0.717) is 12.2 Å². The monoisotopic (exact) mass is 286 g/mol. The molecule has 0 heterocycles. The lowest BCUT2D eigenvalue weighted by molar-refractivity contribution is 0.0693. The van der Waals surface area contributed by atoms with E-state index in [1.807, 2.05) is 6.92 Å². The van der Waals surface area contributed by atoms with Crippen LogP contribution in [0.15, 0.2) is 12.1 Å². The van der Waals surface area contributed by atoms with Crippen LogP contribution in [0.2, 0.25) is 5.02 Å². The number of benzene rings is 1. The minimum absolute atomic E-state index is 0.0608. The summed E-state index contributed by atoms with van der Waals surface area (Å²) in [5.74, 6) is -1.02. The Kier molecular flexibility index (Phi) is 5.00. The number of nitrogens with one attached hydrogen (secondary N) is 1. The fourth-order valence-corrected chi connectivity index (χ4v) is 1.55. The molecule has 0 saturated heterocycles. The lowest BCUT2D eigenvalue weighted by Crippen LogP contribution is -2.31. The molecule has 0 unspecified atom stereocenters. The van der Waals surface area contributed by atoms with Crippen molar-refractivity contribution >= 4 is 29.3 Å². The third kappa shape index (κ3) is 3.51. The second-order valence-electron chi connectivity index (χ2n) is 3.78. The molecule has 2 N–H and O–H groups in total. The zero-order chi connectivity index (χ0) is 14.6. The first kappa shape index (κ1) is 15.1.